The molecule has 0 radical (unpaired) electrons. The molecule has 0 saturated carbocycles. The lowest BCUT2D eigenvalue weighted by Crippen LogP contribution is -2.50. The van der Waals surface area contributed by atoms with Crippen LogP contribution in [0, 0.1) is 0 Å². The van der Waals surface area contributed by atoms with Gasteiger partial charge in [-0.15, -0.1) is 0 Å². The van der Waals surface area contributed by atoms with E-state index in [1.165, 1.54) is 11.1 Å². The summed E-state index contributed by atoms with van der Waals surface area (Å²) in [5, 5.41) is 20.1. The van der Waals surface area contributed by atoms with Crippen molar-refractivity contribution in [2.75, 3.05) is 13.2 Å². The van der Waals surface area contributed by atoms with Crippen LogP contribution in [0.25, 0.3) is 0 Å². The number of carbonyl (C=O) groups excluding carboxylic acids is 1. The Morgan fingerprint density at radius 2 is 2.21 bits per heavy atom. The minimum atomic E-state index is -0.263. The van der Waals surface area contributed by atoms with Gasteiger partial charge in [0.05, 0.1) is 18.8 Å². The van der Waals surface area contributed by atoms with E-state index < -0.39 is 0 Å². The van der Waals surface area contributed by atoms with Gasteiger partial charge in [-0.2, -0.15) is 5.10 Å². The molecule has 6 nitrogen and oxygen atoms in total. The number of benzene rings is 1. The second-order valence-corrected chi connectivity index (χ2v) is 6.60. The number of aryl methyl sites for hydroxylation is 1. The molecule has 0 saturated heterocycles. The zero-order valence-electron chi connectivity index (χ0n) is 13.5. The number of aliphatic hydroxyl groups is 1. The van der Waals surface area contributed by atoms with Crippen molar-refractivity contribution in [1.29, 1.82) is 0 Å². The summed E-state index contributed by atoms with van der Waals surface area (Å²) in [6, 6.07) is 7.82. The number of fused-ring (bicyclic) bond motifs is 2. The summed E-state index contributed by atoms with van der Waals surface area (Å²) in [7, 11) is 0. The van der Waals surface area contributed by atoms with E-state index in [4.69, 9.17) is 0 Å². The molecule has 2 amide bonds. The standard InChI is InChI=1S/C18H22N4O2/c23-11-17-15-4-2-1-3-12(15)7-8-22(17)18(24)20-14-6-5-13-10-19-21-16(13)9-14/h1-4,10,14,17,23H,5-9,11H2,(H,19,21)(H,20,24). The number of H-pyrrole nitrogens is 1. The van der Waals surface area contributed by atoms with Crippen molar-refractivity contribution >= 4 is 6.03 Å². The highest BCUT2D eigenvalue weighted by Gasteiger charge is 2.31. The maximum absolute atomic E-state index is 12.8. The van der Waals surface area contributed by atoms with Gasteiger partial charge in [-0.25, -0.2) is 4.79 Å². The topological polar surface area (TPSA) is 81.2 Å². The van der Waals surface area contributed by atoms with E-state index in [9.17, 15) is 9.90 Å². The molecule has 2 atom stereocenters. The van der Waals surface area contributed by atoms with Crippen molar-refractivity contribution in [3.05, 3.63) is 52.8 Å². The lowest BCUT2D eigenvalue weighted by molar-refractivity contribution is 0.124. The van der Waals surface area contributed by atoms with E-state index >= 15 is 0 Å². The van der Waals surface area contributed by atoms with Crippen LogP contribution in [-0.4, -0.2) is 45.4 Å². The molecule has 3 N–H and O–H groups in total. The van der Waals surface area contributed by atoms with Gasteiger partial charge in [0.15, 0.2) is 0 Å². The maximum atomic E-state index is 12.8. The maximum Gasteiger partial charge on any atom is 0.318 e. The van der Waals surface area contributed by atoms with E-state index in [2.05, 4.69) is 21.6 Å². The summed E-state index contributed by atoms with van der Waals surface area (Å²) in [6.07, 6.45) is 5.34. The molecule has 0 bridgehead atoms. The zero-order chi connectivity index (χ0) is 16.5. The number of amides is 2. The van der Waals surface area contributed by atoms with Crippen molar-refractivity contribution in [3.8, 4) is 0 Å². The van der Waals surface area contributed by atoms with Crippen LogP contribution < -0.4 is 5.32 Å². The summed E-state index contributed by atoms with van der Waals surface area (Å²) in [5.41, 5.74) is 4.65. The molecule has 126 valence electrons. The number of nitrogens with one attached hydrogen (secondary N) is 2. The largest absolute Gasteiger partial charge is 0.394 e. The predicted octanol–water partition coefficient (Wildman–Crippen LogP) is 1.57. The Hall–Kier alpha value is -2.34. The first-order valence-electron chi connectivity index (χ1n) is 8.53. The van der Waals surface area contributed by atoms with Crippen LogP contribution in [0.2, 0.25) is 0 Å². The van der Waals surface area contributed by atoms with Gasteiger partial charge < -0.3 is 15.3 Å². The van der Waals surface area contributed by atoms with Gasteiger partial charge in [0.1, 0.15) is 0 Å². The molecule has 1 aromatic heterocycles. The lowest BCUT2D eigenvalue weighted by atomic mass is 9.92. The van der Waals surface area contributed by atoms with Crippen LogP contribution in [0.15, 0.2) is 30.5 Å². The minimum Gasteiger partial charge on any atom is -0.394 e. The molecule has 1 aliphatic heterocycles. The fourth-order valence-electron chi connectivity index (χ4n) is 3.88. The monoisotopic (exact) mass is 326 g/mol. The molecular weight excluding hydrogens is 304 g/mol. The van der Waals surface area contributed by atoms with Gasteiger partial charge in [0, 0.05) is 24.7 Å². The zero-order valence-corrected chi connectivity index (χ0v) is 13.5. The summed E-state index contributed by atoms with van der Waals surface area (Å²) >= 11 is 0. The average molecular weight is 326 g/mol. The van der Waals surface area contributed by atoms with Crippen LogP contribution in [0.3, 0.4) is 0 Å². The highest BCUT2D eigenvalue weighted by atomic mass is 16.3. The number of hydrogen-bond donors (Lipinski definition) is 3. The third-order valence-corrected chi connectivity index (χ3v) is 5.19. The Bertz CT molecular complexity index is 742. The van der Waals surface area contributed by atoms with Gasteiger partial charge in [0.25, 0.3) is 0 Å². The number of rotatable bonds is 2. The molecule has 24 heavy (non-hydrogen) atoms. The smallest absolute Gasteiger partial charge is 0.318 e. The number of carbonyl (C=O) groups is 1. The van der Waals surface area contributed by atoms with Crippen molar-refractivity contribution < 1.29 is 9.90 Å². The number of urea groups is 1. The molecule has 2 unspecified atom stereocenters. The van der Waals surface area contributed by atoms with Gasteiger partial charge in [-0.05, 0) is 36.0 Å². The van der Waals surface area contributed by atoms with Gasteiger partial charge in [-0.3, -0.25) is 5.10 Å². The van der Waals surface area contributed by atoms with Gasteiger partial charge >= 0.3 is 6.03 Å². The Kier molecular flexibility index (Phi) is 3.98. The second-order valence-electron chi connectivity index (χ2n) is 6.60. The first-order valence-corrected chi connectivity index (χ1v) is 8.53. The van der Waals surface area contributed by atoms with Gasteiger partial charge in [0.2, 0.25) is 0 Å². The van der Waals surface area contributed by atoms with Crippen molar-refractivity contribution in [2.24, 2.45) is 0 Å². The minimum absolute atomic E-state index is 0.0558. The van der Waals surface area contributed by atoms with Crippen molar-refractivity contribution in [2.45, 2.75) is 37.8 Å². The number of aromatic amines is 1. The van der Waals surface area contributed by atoms with Crippen molar-refractivity contribution in [1.82, 2.24) is 20.4 Å². The number of nitrogens with zero attached hydrogens (tertiary/aromatic N) is 2. The third kappa shape index (κ3) is 2.67. The Labute approximate surface area is 140 Å². The molecule has 2 aromatic rings. The summed E-state index contributed by atoms with van der Waals surface area (Å²) in [4.78, 5) is 14.5. The summed E-state index contributed by atoms with van der Waals surface area (Å²) in [5.74, 6) is 0. The van der Waals surface area contributed by atoms with Crippen LogP contribution in [0.1, 0.15) is 34.8 Å². The first kappa shape index (κ1) is 15.2. The van der Waals surface area contributed by atoms with E-state index in [1.54, 1.807) is 4.90 Å². The molecule has 1 aromatic carbocycles. The highest BCUT2D eigenvalue weighted by molar-refractivity contribution is 5.75. The molecule has 4 rings (SSSR count). The fourth-order valence-corrected chi connectivity index (χ4v) is 3.88. The third-order valence-electron chi connectivity index (χ3n) is 5.19. The Balaban J connectivity index is 1.47. The molecular formula is C18H22N4O2. The summed E-state index contributed by atoms with van der Waals surface area (Å²) in [6.45, 7) is 0.579. The second kappa shape index (κ2) is 6.28. The highest BCUT2D eigenvalue weighted by Crippen LogP contribution is 2.29. The van der Waals surface area contributed by atoms with Crippen LogP contribution >= 0.6 is 0 Å². The van der Waals surface area contributed by atoms with E-state index in [0.717, 1.165) is 36.9 Å². The van der Waals surface area contributed by atoms with Crippen molar-refractivity contribution in [3.63, 3.8) is 0 Å². The van der Waals surface area contributed by atoms with E-state index in [1.807, 2.05) is 24.4 Å². The molecule has 1 aliphatic carbocycles. The van der Waals surface area contributed by atoms with Gasteiger partial charge in [-0.1, -0.05) is 24.3 Å². The Morgan fingerprint density at radius 3 is 3.08 bits per heavy atom. The molecule has 0 spiro atoms. The quantitative estimate of drug-likeness (QED) is 0.783. The number of hydrogen-bond acceptors (Lipinski definition) is 3. The lowest BCUT2D eigenvalue weighted by Gasteiger charge is -2.37. The molecule has 0 fully saturated rings. The molecule has 6 heteroatoms. The Morgan fingerprint density at radius 1 is 1.33 bits per heavy atom. The van der Waals surface area contributed by atoms with E-state index in [-0.39, 0.29) is 24.7 Å². The normalized spacial score (nSPS) is 22.6. The first-order chi connectivity index (χ1) is 11.8. The fraction of sp³-hybridized carbons (Fsp3) is 0.444. The van der Waals surface area contributed by atoms with E-state index in [0.29, 0.717) is 6.54 Å². The van der Waals surface area contributed by atoms with Crippen LogP contribution in [0.5, 0.6) is 0 Å². The number of aromatic nitrogens is 2. The summed E-state index contributed by atoms with van der Waals surface area (Å²) < 4.78 is 0. The molecule has 2 heterocycles. The predicted molar refractivity (Wildman–Crippen MR) is 89.6 cm³/mol. The van der Waals surface area contributed by atoms with Crippen LogP contribution in [0.4, 0.5) is 4.79 Å². The van der Waals surface area contributed by atoms with Crippen LogP contribution in [-0.2, 0) is 19.3 Å². The SMILES string of the molecule is O=C(NC1CCc2cn[nH]c2C1)N1CCc2ccccc2C1CO. The molecule has 2 aliphatic rings. The average Bonchev–Trinajstić information content (AvgIpc) is 3.08. The number of aliphatic hydroxyl groups excluding tert-OH is 1.